The Balaban J connectivity index is 1.57. The van der Waals surface area contributed by atoms with Gasteiger partial charge in [0.15, 0.2) is 0 Å². The summed E-state index contributed by atoms with van der Waals surface area (Å²) in [6.45, 7) is 5.73. The first kappa shape index (κ1) is 19.9. The standard InChI is InChI=1S/C26H21FN4O/c1-16-23(15-24-17(2)29-31(26(24)32)21-13-11-20(27)12-14-21)18(3)30(28-16)25-10-6-8-19-7-4-5-9-22(19)25/h4-15H,1-3H3/b24-15+. The minimum Gasteiger partial charge on any atom is -0.267 e. The fourth-order valence-corrected chi connectivity index (χ4v) is 4.08. The summed E-state index contributed by atoms with van der Waals surface area (Å²) in [6, 6.07) is 20.1. The van der Waals surface area contributed by atoms with Gasteiger partial charge in [0.05, 0.1) is 28.4 Å². The van der Waals surface area contributed by atoms with Crippen molar-refractivity contribution in [2.24, 2.45) is 5.10 Å². The molecule has 6 heteroatoms. The molecular formula is C26H21FN4O. The van der Waals surface area contributed by atoms with E-state index in [0.29, 0.717) is 17.0 Å². The number of carbonyl (C=O) groups excluding carboxylic acids is 1. The van der Waals surface area contributed by atoms with E-state index in [1.54, 1.807) is 19.1 Å². The molecule has 0 unspecified atom stereocenters. The Morgan fingerprint density at radius 3 is 2.41 bits per heavy atom. The highest BCUT2D eigenvalue weighted by Crippen LogP contribution is 2.29. The van der Waals surface area contributed by atoms with Gasteiger partial charge < -0.3 is 0 Å². The molecule has 32 heavy (non-hydrogen) atoms. The quantitative estimate of drug-likeness (QED) is 0.403. The average Bonchev–Trinajstić information content (AvgIpc) is 3.24. The summed E-state index contributed by atoms with van der Waals surface area (Å²) in [5, 5.41) is 12.7. The maximum Gasteiger partial charge on any atom is 0.280 e. The minimum absolute atomic E-state index is 0.245. The predicted molar refractivity (Wildman–Crippen MR) is 126 cm³/mol. The summed E-state index contributed by atoms with van der Waals surface area (Å²) in [4.78, 5) is 13.1. The van der Waals surface area contributed by atoms with Crippen molar-refractivity contribution in [2.75, 3.05) is 5.01 Å². The van der Waals surface area contributed by atoms with Gasteiger partial charge in [-0.3, -0.25) is 4.79 Å². The predicted octanol–water partition coefficient (Wildman–Crippen LogP) is 5.59. The van der Waals surface area contributed by atoms with Crippen molar-refractivity contribution in [2.45, 2.75) is 20.8 Å². The first-order chi connectivity index (χ1) is 15.4. The lowest BCUT2D eigenvalue weighted by Gasteiger charge is -2.11. The van der Waals surface area contributed by atoms with Crippen molar-refractivity contribution in [3.63, 3.8) is 0 Å². The number of fused-ring (bicyclic) bond motifs is 1. The van der Waals surface area contributed by atoms with Crippen LogP contribution < -0.4 is 5.01 Å². The van der Waals surface area contributed by atoms with Crippen molar-refractivity contribution in [3.05, 3.63) is 95.1 Å². The minimum atomic E-state index is -0.357. The molecule has 0 aliphatic carbocycles. The van der Waals surface area contributed by atoms with E-state index < -0.39 is 0 Å². The van der Waals surface area contributed by atoms with Gasteiger partial charge in [0.1, 0.15) is 5.82 Å². The molecule has 4 aromatic rings. The first-order valence-corrected chi connectivity index (χ1v) is 10.4. The second kappa shape index (κ2) is 7.57. The molecule has 1 aliphatic heterocycles. The van der Waals surface area contributed by atoms with Crippen LogP contribution in [-0.4, -0.2) is 21.4 Å². The van der Waals surface area contributed by atoms with Crippen LogP contribution in [0.5, 0.6) is 0 Å². The first-order valence-electron chi connectivity index (χ1n) is 10.4. The lowest BCUT2D eigenvalue weighted by molar-refractivity contribution is -0.114. The van der Waals surface area contributed by atoms with Crippen LogP contribution in [0, 0.1) is 19.7 Å². The van der Waals surface area contributed by atoms with E-state index in [0.717, 1.165) is 33.4 Å². The summed E-state index contributed by atoms with van der Waals surface area (Å²) in [6.07, 6.45) is 1.85. The number of halogens is 1. The number of aryl methyl sites for hydroxylation is 1. The molecule has 0 radical (unpaired) electrons. The highest BCUT2D eigenvalue weighted by Gasteiger charge is 2.29. The maximum atomic E-state index is 13.3. The van der Waals surface area contributed by atoms with Gasteiger partial charge in [-0.15, -0.1) is 0 Å². The van der Waals surface area contributed by atoms with Crippen molar-refractivity contribution in [1.29, 1.82) is 0 Å². The Kier molecular flexibility index (Phi) is 4.70. The van der Waals surface area contributed by atoms with E-state index in [9.17, 15) is 9.18 Å². The zero-order valence-corrected chi connectivity index (χ0v) is 18.0. The van der Waals surface area contributed by atoms with Crippen LogP contribution in [0.2, 0.25) is 0 Å². The maximum absolute atomic E-state index is 13.3. The normalized spacial score (nSPS) is 15.1. The number of hydrazone groups is 1. The smallest absolute Gasteiger partial charge is 0.267 e. The highest BCUT2D eigenvalue weighted by atomic mass is 19.1. The molecule has 0 bridgehead atoms. The van der Waals surface area contributed by atoms with E-state index in [1.165, 1.54) is 17.1 Å². The molecule has 0 saturated carbocycles. The molecule has 0 atom stereocenters. The summed E-state index contributed by atoms with van der Waals surface area (Å²) in [5.41, 5.74) is 5.27. The Labute approximate surface area is 185 Å². The Bertz CT molecular complexity index is 1420. The summed E-state index contributed by atoms with van der Waals surface area (Å²) in [7, 11) is 0. The lowest BCUT2D eigenvalue weighted by atomic mass is 10.1. The molecular weight excluding hydrogens is 403 g/mol. The lowest BCUT2D eigenvalue weighted by Crippen LogP contribution is -2.21. The van der Waals surface area contributed by atoms with E-state index in [1.807, 2.05) is 48.9 Å². The number of aromatic nitrogens is 2. The average molecular weight is 424 g/mol. The van der Waals surface area contributed by atoms with Crippen LogP contribution in [-0.2, 0) is 4.79 Å². The Hall–Kier alpha value is -4.06. The molecule has 5 nitrogen and oxygen atoms in total. The third kappa shape index (κ3) is 3.21. The SMILES string of the molecule is CC1=NN(c2ccc(F)cc2)C(=O)/C1=C/c1c(C)nn(-c2cccc3ccccc23)c1C. The summed E-state index contributed by atoms with van der Waals surface area (Å²) >= 11 is 0. The largest absolute Gasteiger partial charge is 0.280 e. The summed E-state index contributed by atoms with van der Waals surface area (Å²) < 4.78 is 15.2. The van der Waals surface area contributed by atoms with Gasteiger partial charge in [-0.25, -0.2) is 9.07 Å². The van der Waals surface area contributed by atoms with Gasteiger partial charge in [-0.1, -0.05) is 36.4 Å². The molecule has 0 saturated heterocycles. The molecule has 0 spiro atoms. The van der Waals surface area contributed by atoms with Crippen LogP contribution in [0.4, 0.5) is 10.1 Å². The number of anilines is 1. The van der Waals surface area contributed by atoms with Crippen molar-refractivity contribution in [3.8, 4) is 5.69 Å². The number of carbonyl (C=O) groups is 1. The third-order valence-corrected chi connectivity index (χ3v) is 5.76. The molecule has 158 valence electrons. The van der Waals surface area contributed by atoms with Crippen LogP contribution >= 0.6 is 0 Å². The van der Waals surface area contributed by atoms with Crippen molar-refractivity contribution < 1.29 is 9.18 Å². The number of rotatable bonds is 3. The van der Waals surface area contributed by atoms with Gasteiger partial charge in [0.2, 0.25) is 0 Å². The summed E-state index contributed by atoms with van der Waals surface area (Å²) in [5.74, 6) is -0.602. The van der Waals surface area contributed by atoms with E-state index in [4.69, 9.17) is 5.10 Å². The number of benzene rings is 3. The Morgan fingerprint density at radius 2 is 1.62 bits per heavy atom. The van der Waals surface area contributed by atoms with Crippen LogP contribution in [0.1, 0.15) is 23.9 Å². The molecule has 5 rings (SSSR count). The topological polar surface area (TPSA) is 50.5 Å². The van der Waals surface area contributed by atoms with Crippen LogP contribution in [0.25, 0.3) is 22.5 Å². The van der Waals surface area contributed by atoms with Gasteiger partial charge in [0.25, 0.3) is 5.91 Å². The molecule has 1 aliphatic rings. The third-order valence-electron chi connectivity index (χ3n) is 5.76. The van der Waals surface area contributed by atoms with E-state index in [-0.39, 0.29) is 11.7 Å². The monoisotopic (exact) mass is 424 g/mol. The molecule has 0 N–H and O–H groups in total. The number of nitrogens with zero attached hydrogens (tertiary/aromatic N) is 4. The molecule has 0 fully saturated rings. The van der Waals surface area contributed by atoms with Gasteiger partial charge in [-0.2, -0.15) is 15.2 Å². The van der Waals surface area contributed by atoms with E-state index in [2.05, 4.69) is 23.3 Å². The highest BCUT2D eigenvalue weighted by molar-refractivity contribution is 6.32. The van der Waals surface area contributed by atoms with Crippen molar-refractivity contribution in [1.82, 2.24) is 9.78 Å². The molecule has 1 amide bonds. The van der Waals surface area contributed by atoms with Crippen LogP contribution in [0.15, 0.2) is 77.4 Å². The fraction of sp³-hybridized carbons (Fsp3) is 0.115. The van der Waals surface area contributed by atoms with Gasteiger partial charge >= 0.3 is 0 Å². The molecule has 2 heterocycles. The fourth-order valence-electron chi connectivity index (χ4n) is 4.08. The zero-order chi connectivity index (χ0) is 22.4. The molecule has 3 aromatic carbocycles. The number of hydrogen-bond acceptors (Lipinski definition) is 3. The second-order valence-electron chi connectivity index (χ2n) is 7.83. The number of amides is 1. The molecule has 1 aromatic heterocycles. The Morgan fingerprint density at radius 1 is 0.906 bits per heavy atom. The number of hydrogen-bond donors (Lipinski definition) is 0. The second-order valence-corrected chi connectivity index (χ2v) is 7.83. The van der Waals surface area contributed by atoms with Gasteiger partial charge in [-0.05, 0) is 62.6 Å². The van der Waals surface area contributed by atoms with Crippen molar-refractivity contribution >= 4 is 34.2 Å². The zero-order valence-electron chi connectivity index (χ0n) is 18.0. The van der Waals surface area contributed by atoms with E-state index >= 15 is 0 Å². The van der Waals surface area contributed by atoms with Gasteiger partial charge in [0, 0.05) is 16.6 Å². The van der Waals surface area contributed by atoms with Crippen LogP contribution in [0.3, 0.4) is 0 Å².